The van der Waals surface area contributed by atoms with Gasteiger partial charge in [0.1, 0.15) is 6.04 Å². The van der Waals surface area contributed by atoms with Crippen molar-refractivity contribution in [2.24, 2.45) is 0 Å². The average molecular weight is 233 g/mol. The highest BCUT2D eigenvalue weighted by molar-refractivity contribution is 6.03. The molecule has 0 spiro atoms. The summed E-state index contributed by atoms with van der Waals surface area (Å²) >= 11 is 0. The molecule has 0 aromatic heterocycles. The van der Waals surface area contributed by atoms with Crippen LogP contribution in [0.25, 0.3) is 0 Å². The fraction of sp³-hybridized carbons (Fsp3) is 0.462. The molecule has 1 N–H and O–H groups in total. The Morgan fingerprint density at radius 3 is 2.76 bits per heavy atom. The molecule has 0 saturated carbocycles. The molecule has 0 fully saturated rings. The Morgan fingerprint density at radius 2 is 2.06 bits per heavy atom. The van der Waals surface area contributed by atoms with Crippen molar-refractivity contribution in [1.82, 2.24) is 4.90 Å². The van der Waals surface area contributed by atoms with Crippen LogP contribution in [0.15, 0.2) is 24.3 Å². The largest absolute Gasteiger partial charge is 0.357 e. The molecule has 0 saturated heterocycles. The summed E-state index contributed by atoms with van der Waals surface area (Å²) in [5.74, 6) is 0.0717. The number of carbonyl (C=O) groups is 1. The second-order valence-electron chi connectivity index (χ2n) is 4.68. The van der Waals surface area contributed by atoms with Crippen LogP contribution in [-0.4, -0.2) is 44.0 Å². The molecule has 1 aliphatic rings. The molecule has 4 heteroatoms. The van der Waals surface area contributed by atoms with Crippen molar-refractivity contribution < 1.29 is 4.79 Å². The van der Waals surface area contributed by atoms with Gasteiger partial charge >= 0.3 is 0 Å². The molecular weight excluding hydrogens is 214 g/mol. The number of rotatable bonds is 3. The number of hydrogen-bond acceptors (Lipinski definition) is 3. The second-order valence-corrected chi connectivity index (χ2v) is 4.68. The van der Waals surface area contributed by atoms with E-state index in [2.05, 4.69) is 21.2 Å². The third-order valence-electron chi connectivity index (χ3n) is 3.11. The van der Waals surface area contributed by atoms with Gasteiger partial charge in [-0.3, -0.25) is 4.79 Å². The zero-order valence-corrected chi connectivity index (χ0v) is 10.6. The molecular formula is C13H19N3O. The van der Waals surface area contributed by atoms with Gasteiger partial charge in [0.2, 0.25) is 5.91 Å². The third-order valence-corrected chi connectivity index (χ3v) is 3.11. The van der Waals surface area contributed by atoms with E-state index in [1.54, 1.807) is 0 Å². The summed E-state index contributed by atoms with van der Waals surface area (Å²) in [5.41, 5.74) is 2.02. The standard InChI is InChI=1S/C13H19N3O/c1-10-13(17)14-11-6-4-5-7-12(11)16(10)9-8-15(2)3/h4-7,10H,8-9H2,1-3H3,(H,14,17). The smallest absolute Gasteiger partial charge is 0.246 e. The molecule has 1 atom stereocenters. The Hall–Kier alpha value is -1.55. The summed E-state index contributed by atoms with van der Waals surface area (Å²) in [6, 6.07) is 7.85. The first-order valence-electron chi connectivity index (χ1n) is 5.91. The number of anilines is 2. The molecule has 17 heavy (non-hydrogen) atoms. The first-order valence-corrected chi connectivity index (χ1v) is 5.91. The minimum atomic E-state index is -0.107. The van der Waals surface area contributed by atoms with Gasteiger partial charge in [0.05, 0.1) is 11.4 Å². The van der Waals surface area contributed by atoms with Gasteiger partial charge in [-0.15, -0.1) is 0 Å². The maximum Gasteiger partial charge on any atom is 0.246 e. The molecule has 92 valence electrons. The van der Waals surface area contributed by atoms with Crippen LogP contribution in [0.2, 0.25) is 0 Å². The quantitative estimate of drug-likeness (QED) is 0.857. The van der Waals surface area contributed by atoms with Gasteiger partial charge < -0.3 is 15.1 Å². The van der Waals surface area contributed by atoms with Crippen molar-refractivity contribution in [3.05, 3.63) is 24.3 Å². The van der Waals surface area contributed by atoms with E-state index in [4.69, 9.17) is 0 Å². The summed E-state index contributed by atoms with van der Waals surface area (Å²) in [5, 5.41) is 2.93. The Labute approximate surface area is 102 Å². The molecule has 2 rings (SSSR count). The zero-order valence-electron chi connectivity index (χ0n) is 10.6. The van der Waals surface area contributed by atoms with Gasteiger partial charge in [-0.1, -0.05) is 12.1 Å². The molecule has 0 radical (unpaired) electrons. The Balaban J connectivity index is 2.25. The van der Waals surface area contributed by atoms with E-state index in [-0.39, 0.29) is 11.9 Å². The highest BCUT2D eigenvalue weighted by atomic mass is 16.2. The molecule has 1 unspecified atom stereocenters. The minimum absolute atomic E-state index is 0.0717. The van der Waals surface area contributed by atoms with Gasteiger partial charge in [0.15, 0.2) is 0 Å². The number of carbonyl (C=O) groups excluding carboxylic acids is 1. The van der Waals surface area contributed by atoms with E-state index >= 15 is 0 Å². The van der Waals surface area contributed by atoms with Gasteiger partial charge in [-0.2, -0.15) is 0 Å². The van der Waals surface area contributed by atoms with Crippen molar-refractivity contribution in [2.45, 2.75) is 13.0 Å². The number of nitrogens with zero attached hydrogens (tertiary/aromatic N) is 2. The van der Waals surface area contributed by atoms with Crippen molar-refractivity contribution in [1.29, 1.82) is 0 Å². The van der Waals surface area contributed by atoms with E-state index in [0.717, 1.165) is 24.5 Å². The lowest BCUT2D eigenvalue weighted by Gasteiger charge is -2.36. The van der Waals surface area contributed by atoms with Crippen LogP contribution < -0.4 is 10.2 Å². The highest BCUT2D eigenvalue weighted by Gasteiger charge is 2.28. The lowest BCUT2D eigenvalue weighted by Crippen LogP contribution is -2.48. The monoisotopic (exact) mass is 233 g/mol. The molecule has 0 bridgehead atoms. The number of fused-ring (bicyclic) bond motifs is 1. The first-order chi connectivity index (χ1) is 8.09. The molecule has 1 aromatic carbocycles. The fourth-order valence-electron chi connectivity index (χ4n) is 2.04. The topological polar surface area (TPSA) is 35.6 Å². The molecule has 4 nitrogen and oxygen atoms in total. The lowest BCUT2D eigenvalue weighted by atomic mass is 10.1. The summed E-state index contributed by atoms with van der Waals surface area (Å²) < 4.78 is 0. The normalized spacial score (nSPS) is 19.2. The number of likely N-dealkylation sites (N-methyl/N-ethyl adjacent to an activating group) is 1. The lowest BCUT2D eigenvalue weighted by molar-refractivity contribution is -0.117. The summed E-state index contributed by atoms with van der Waals surface area (Å²) in [6.45, 7) is 3.74. The Morgan fingerprint density at radius 1 is 1.35 bits per heavy atom. The number of benzene rings is 1. The Kier molecular flexibility index (Phi) is 3.33. The Bertz CT molecular complexity index is 417. The van der Waals surface area contributed by atoms with Crippen LogP contribution in [0.5, 0.6) is 0 Å². The molecule has 1 aliphatic heterocycles. The molecule has 0 aliphatic carbocycles. The number of amides is 1. The molecule has 1 aromatic rings. The zero-order chi connectivity index (χ0) is 12.4. The van der Waals surface area contributed by atoms with Crippen molar-refractivity contribution in [2.75, 3.05) is 37.4 Å². The van der Waals surface area contributed by atoms with Crippen LogP contribution in [0, 0.1) is 0 Å². The predicted octanol–water partition coefficient (Wildman–Crippen LogP) is 1.40. The third kappa shape index (κ3) is 2.42. The fourth-order valence-corrected chi connectivity index (χ4v) is 2.04. The minimum Gasteiger partial charge on any atom is -0.357 e. The maximum absolute atomic E-state index is 11.8. The summed E-state index contributed by atoms with van der Waals surface area (Å²) in [7, 11) is 4.08. The second kappa shape index (κ2) is 4.75. The van der Waals surface area contributed by atoms with E-state index in [9.17, 15) is 4.79 Å². The summed E-state index contributed by atoms with van der Waals surface area (Å²) in [4.78, 5) is 16.1. The summed E-state index contributed by atoms with van der Waals surface area (Å²) in [6.07, 6.45) is 0. The van der Waals surface area contributed by atoms with Crippen LogP contribution in [0.3, 0.4) is 0 Å². The van der Waals surface area contributed by atoms with E-state index in [1.165, 1.54) is 0 Å². The van der Waals surface area contributed by atoms with Gasteiger partial charge in [0.25, 0.3) is 0 Å². The molecule has 1 amide bonds. The van der Waals surface area contributed by atoms with E-state index < -0.39 is 0 Å². The molecule has 1 heterocycles. The van der Waals surface area contributed by atoms with Gasteiger partial charge in [-0.05, 0) is 33.2 Å². The van der Waals surface area contributed by atoms with Crippen molar-refractivity contribution >= 4 is 17.3 Å². The SMILES string of the molecule is CC1C(=O)Nc2ccccc2N1CCN(C)C. The van der Waals surface area contributed by atoms with Crippen LogP contribution in [0.1, 0.15) is 6.92 Å². The van der Waals surface area contributed by atoms with Crippen LogP contribution >= 0.6 is 0 Å². The van der Waals surface area contributed by atoms with Crippen LogP contribution in [0.4, 0.5) is 11.4 Å². The van der Waals surface area contributed by atoms with Gasteiger partial charge in [-0.25, -0.2) is 0 Å². The van der Waals surface area contributed by atoms with Gasteiger partial charge in [0, 0.05) is 13.1 Å². The predicted molar refractivity (Wildman–Crippen MR) is 70.4 cm³/mol. The number of hydrogen-bond donors (Lipinski definition) is 1. The maximum atomic E-state index is 11.8. The van der Waals surface area contributed by atoms with Crippen molar-refractivity contribution in [3.8, 4) is 0 Å². The van der Waals surface area contributed by atoms with Crippen molar-refractivity contribution in [3.63, 3.8) is 0 Å². The number of nitrogens with one attached hydrogen (secondary N) is 1. The number of para-hydroxylation sites is 2. The highest BCUT2D eigenvalue weighted by Crippen LogP contribution is 2.31. The van der Waals surface area contributed by atoms with Crippen LogP contribution in [-0.2, 0) is 4.79 Å². The first kappa shape index (κ1) is 11.9. The average Bonchev–Trinajstić information content (AvgIpc) is 2.29. The van der Waals surface area contributed by atoms with E-state index in [0.29, 0.717) is 0 Å². The van der Waals surface area contributed by atoms with E-state index in [1.807, 2.05) is 39.2 Å².